The summed E-state index contributed by atoms with van der Waals surface area (Å²) in [6.07, 6.45) is 1.73. The van der Waals surface area contributed by atoms with Crippen molar-refractivity contribution in [3.05, 3.63) is 71.3 Å². The van der Waals surface area contributed by atoms with Gasteiger partial charge in [-0.2, -0.15) is 0 Å². The maximum Gasteiger partial charge on any atom is 0.269 e. The van der Waals surface area contributed by atoms with Crippen molar-refractivity contribution in [2.24, 2.45) is 0 Å². The van der Waals surface area contributed by atoms with Crippen LogP contribution in [0.1, 0.15) is 59.9 Å². The number of carbonyl (C=O) groups is 2. The first kappa shape index (κ1) is 21.6. The molecule has 28 heavy (non-hydrogen) atoms. The van der Waals surface area contributed by atoms with Crippen LogP contribution in [0.5, 0.6) is 0 Å². The summed E-state index contributed by atoms with van der Waals surface area (Å²) in [7, 11) is 3.09. The standard InChI is InChI=1S/C22H28N2O4/c1-4-8-19(16-9-6-5-7-10-16)15-20(25)23-24-21(26)17-11-13-18(14-12-17)22(27-2)28-3/h5-7,9-14,19,22H,4,8,15H2,1-3H3,(H,23,25)(H,24,26). The van der Waals surface area contributed by atoms with E-state index in [0.29, 0.717) is 12.0 Å². The van der Waals surface area contributed by atoms with Crippen LogP contribution in [0, 0.1) is 0 Å². The van der Waals surface area contributed by atoms with Crippen LogP contribution in [0.3, 0.4) is 0 Å². The molecule has 0 aliphatic heterocycles. The molecule has 1 atom stereocenters. The smallest absolute Gasteiger partial charge is 0.269 e. The molecule has 2 rings (SSSR count). The van der Waals surface area contributed by atoms with E-state index in [1.54, 1.807) is 38.5 Å². The Hall–Kier alpha value is -2.70. The van der Waals surface area contributed by atoms with Crippen LogP contribution in [-0.2, 0) is 14.3 Å². The topological polar surface area (TPSA) is 76.7 Å². The van der Waals surface area contributed by atoms with Gasteiger partial charge in [-0.05, 0) is 30.0 Å². The summed E-state index contributed by atoms with van der Waals surface area (Å²) in [6.45, 7) is 2.09. The van der Waals surface area contributed by atoms with E-state index in [1.807, 2.05) is 30.3 Å². The highest BCUT2D eigenvalue weighted by atomic mass is 16.7. The molecule has 6 nitrogen and oxygen atoms in total. The molecule has 2 aromatic carbocycles. The first-order valence-corrected chi connectivity index (χ1v) is 9.38. The van der Waals surface area contributed by atoms with E-state index in [2.05, 4.69) is 17.8 Å². The third kappa shape index (κ3) is 6.18. The van der Waals surface area contributed by atoms with Gasteiger partial charge in [0.1, 0.15) is 0 Å². The van der Waals surface area contributed by atoms with E-state index in [0.717, 1.165) is 24.0 Å². The lowest BCUT2D eigenvalue weighted by Crippen LogP contribution is -2.42. The van der Waals surface area contributed by atoms with E-state index >= 15 is 0 Å². The van der Waals surface area contributed by atoms with Crippen molar-refractivity contribution < 1.29 is 19.1 Å². The normalized spacial score (nSPS) is 11.9. The van der Waals surface area contributed by atoms with Gasteiger partial charge in [-0.3, -0.25) is 20.4 Å². The van der Waals surface area contributed by atoms with Gasteiger partial charge in [0.15, 0.2) is 6.29 Å². The van der Waals surface area contributed by atoms with Crippen molar-refractivity contribution in [1.82, 2.24) is 10.9 Å². The third-order valence-electron chi connectivity index (χ3n) is 4.53. The second kappa shape index (κ2) is 11.2. The summed E-state index contributed by atoms with van der Waals surface area (Å²) in [5.74, 6) is -0.466. The van der Waals surface area contributed by atoms with Gasteiger partial charge in [-0.15, -0.1) is 0 Å². The fourth-order valence-electron chi connectivity index (χ4n) is 3.09. The Balaban J connectivity index is 1.90. The third-order valence-corrected chi connectivity index (χ3v) is 4.53. The lowest BCUT2D eigenvalue weighted by atomic mass is 9.91. The molecule has 0 heterocycles. The number of hydrazine groups is 1. The van der Waals surface area contributed by atoms with Crippen molar-refractivity contribution in [2.75, 3.05) is 14.2 Å². The van der Waals surface area contributed by atoms with Crippen LogP contribution in [0.15, 0.2) is 54.6 Å². The summed E-state index contributed by atoms with van der Waals surface area (Å²) in [4.78, 5) is 24.6. The Morgan fingerprint density at radius 1 is 0.893 bits per heavy atom. The number of amides is 2. The second-order valence-corrected chi connectivity index (χ2v) is 6.53. The van der Waals surface area contributed by atoms with Crippen LogP contribution in [0.4, 0.5) is 0 Å². The molecule has 0 saturated carbocycles. The molecule has 0 bridgehead atoms. The van der Waals surface area contributed by atoms with E-state index in [9.17, 15) is 9.59 Å². The minimum absolute atomic E-state index is 0.127. The minimum Gasteiger partial charge on any atom is -0.352 e. The molecular formula is C22H28N2O4. The van der Waals surface area contributed by atoms with Gasteiger partial charge in [0.25, 0.3) is 5.91 Å². The highest BCUT2D eigenvalue weighted by Crippen LogP contribution is 2.24. The second-order valence-electron chi connectivity index (χ2n) is 6.53. The van der Waals surface area contributed by atoms with Crippen LogP contribution >= 0.6 is 0 Å². The monoisotopic (exact) mass is 384 g/mol. The first-order valence-electron chi connectivity index (χ1n) is 9.38. The van der Waals surface area contributed by atoms with Crippen molar-refractivity contribution in [2.45, 2.75) is 38.4 Å². The van der Waals surface area contributed by atoms with Gasteiger partial charge >= 0.3 is 0 Å². The number of benzene rings is 2. The summed E-state index contributed by atoms with van der Waals surface area (Å²) < 4.78 is 10.4. The lowest BCUT2D eigenvalue weighted by Gasteiger charge is -2.17. The summed E-state index contributed by atoms with van der Waals surface area (Å²) in [5.41, 5.74) is 7.35. The average Bonchev–Trinajstić information content (AvgIpc) is 2.73. The molecule has 2 amide bonds. The maximum atomic E-state index is 12.3. The highest BCUT2D eigenvalue weighted by Gasteiger charge is 2.16. The molecule has 0 radical (unpaired) electrons. The van der Waals surface area contributed by atoms with Crippen LogP contribution in [0.25, 0.3) is 0 Å². The predicted molar refractivity (Wildman–Crippen MR) is 108 cm³/mol. The molecule has 0 fully saturated rings. The van der Waals surface area contributed by atoms with Gasteiger partial charge in [0.2, 0.25) is 5.91 Å². The van der Waals surface area contributed by atoms with Crippen LogP contribution in [-0.4, -0.2) is 26.0 Å². The molecule has 0 aliphatic carbocycles. The number of rotatable bonds is 9. The SMILES string of the molecule is CCCC(CC(=O)NNC(=O)c1ccc(C(OC)OC)cc1)c1ccccc1. The number of hydrogen-bond donors (Lipinski definition) is 2. The fraction of sp³-hybridized carbons (Fsp3) is 0.364. The molecule has 150 valence electrons. The van der Waals surface area contributed by atoms with Crippen molar-refractivity contribution in [3.63, 3.8) is 0 Å². The molecule has 0 spiro atoms. The number of methoxy groups -OCH3 is 2. The van der Waals surface area contributed by atoms with E-state index in [-0.39, 0.29) is 17.7 Å². The van der Waals surface area contributed by atoms with E-state index in [1.165, 1.54) is 0 Å². The summed E-state index contributed by atoms with van der Waals surface area (Å²) in [6, 6.07) is 16.8. The Morgan fingerprint density at radius 2 is 1.54 bits per heavy atom. The Morgan fingerprint density at radius 3 is 2.11 bits per heavy atom. The molecule has 2 aromatic rings. The summed E-state index contributed by atoms with van der Waals surface area (Å²) in [5, 5.41) is 0. The summed E-state index contributed by atoms with van der Waals surface area (Å²) >= 11 is 0. The van der Waals surface area contributed by atoms with E-state index in [4.69, 9.17) is 9.47 Å². The van der Waals surface area contributed by atoms with Crippen molar-refractivity contribution in [3.8, 4) is 0 Å². The minimum atomic E-state index is -0.481. The lowest BCUT2D eigenvalue weighted by molar-refractivity contribution is -0.122. The van der Waals surface area contributed by atoms with Gasteiger partial charge in [-0.25, -0.2) is 0 Å². The van der Waals surface area contributed by atoms with Crippen molar-refractivity contribution >= 4 is 11.8 Å². The first-order chi connectivity index (χ1) is 13.6. The highest BCUT2D eigenvalue weighted by molar-refractivity contribution is 5.95. The quantitative estimate of drug-likeness (QED) is 0.510. The number of hydrogen-bond acceptors (Lipinski definition) is 4. The zero-order valence-electron chi connectivity index (χ0n) is 16.6. The Labute approximate surface area is 166 Å². The van der Waals surface area contributed by atoms with Crippen molar-refractivity contribution in [1.29, 1.82) is 0 Å². The molecule has 6 heteroatoms. The van der Waals surface area contributed by atoms with Gasteiger partial charge < -0.3 is 9.47 Å². The molecule has 0 aliphatic rings. The zero-order chi connectivity index (χ0) is 20.4. The molecule has 0 saturated heterocycles. The van der Waals surface area contributed by atoms with Crippen LogP contribution < -0.4 is 10.9 Å². The van der Waals surface area contributed by atoms with E-state index < -0.39 is 6.29 Å². The largest absolute Gasteiger partial charge is 0.352 e. The average molecular weight is 384 g/mol. The molecule has 0 aromatic heterocycles. The fourth-order valence-corrected chi connectivity index (χ4v) is 3.09. The van der Waals surface area contributed by atoms with Gasteiger partial charge in [-0.1, -0.05) is 55.8 Å². The van der Waals surface area contributed by atoms with Gasteiger partial charge in [0, 0.05) is 31.8 Å². The number of nitrogens with one attached hydrogen (secondary N) is 2. The number of ether oxygens (including phenoxy) is 2. The predicted octanol–water partition coefficient (Wildman–Crippen LogP) is 3.71. The molecule has 2 N–H and O–H groups in total. The molecular weight excluding hydrogens is 356 g/mol. The van der Waals surface area contributed by atoms with Gasteiger partial charge in [0.05, 0.1) is 0 Å². The zero-order valence-corrected chi connectivity index (χ0v) is 16.6. The number of carbonyl (C=O) groups excluding carboxylic acids is 2. The Kier molecular flexibility index (Phi) is 8.65. The maximum absolute atomic E-state index is 12.3. The Bertz CT molecular complexity index is 743. The van der Waals surface area contributed by atoms with Crippen LogP contribution in [0.2, 0.25) is 0 Å². The molecule has 1 unspecified atom stereocenters.